The Bertz CT molecular complexity index is 447. The van der Waals surface area contributed by atoms with Crippen LogP contribution in [0.1, 0.15) is 23.0 Å². The number of hydrogen-bond donors (Lipinski definition) is 1. The van der Waals surface area contributed by atoms with E-state index in [0.717, 1.165) is 18.2 Å². The molecule has 92 valence electrons. The number of nitrogens with zero attached hydrogens (tertiary/aromatic N) is 1. The fourth-order valence-corrected chi connectivity index (χ4v) is 2.45. The molecule has 1 unspecified atom stereocenters. The van der Waals surface area contributed by atoms with Crippen molar-refractivity contribution in [2.45, 2.75) is 24.7 Å². The summed E-state index contributed by atoms with van der Waals surface area (Å²) in [7, 11) is 0. The molecule has 1 aromatic rings. The summed E-state index contributed by atoms with van der Waals surface area (Å²) in [5.74, 6) is 0. The van der Waals surface area contributed by atoms with Gasteiger partial charge in [0.25, 0.3) is 0 Å². The van der Waals surface area contributed by atoms with Crippen LogP contribution in [0.15, 0.2) is 12.1 Å². The number of nitrogens with one attached hydrogen (secondary N) is 1. The Hall–Kier alpha value is -1.14. The fourth-order valence-electron chi connectivity index (χ4n) is 2.45. The third-order valence-corrected chi connectivity index (χ3v) is 3.20. The second-order valence-corrected chi connectivity index (χ2v) is 4.28. The van der Waals surface area contributed by atoms with Crippen molar-refractivity contribution in [1.29, 1.82) is 0 Å². The average Bonchev–Trinajstić information content (AvgIpc) is 2.65. The van der Waals surface area contributed by atoms with Crippen LogP contribution in [0.5, 0.6) is 0 Å². The minimum absolute atomic E-state index is 0.00599. The Morgan fingerprint density at radius 2 is 2.18 bits per heavy atom. The fraction of sp³-hybridized carbons (Fsp3) is 0.545. The van der Waals surface area contributed by atoms with E-state index in [1.807, 2.05) is 0 Å². The van der Waals surface area contributed by atoms with Crippen LogP contribution in [0.2, 0.25) is 0 Å². The summed E-state index contributed by atoms with van der Waals surface area (Å²) in [5.41, 5.74) is 0.516. The van der Waals surface area contributed by atoms with Crippen molar-refractivity contribution < 1.29 is 17.9 Å². The van der Waals surface area contributed by atoms with Gasteiger partial charge in [0, 0.05) is 18.7 Å². The van der Waals surface area contributed by atoms with Gasteiger partial charge in [-0.2, -0.15) is 13.2 Å². The lowest BCUT2D eigenvalue weighted by molar-refractivity contribution is -0.141. The minimum atomic E-state index is -4.38. The smallest absolute Gasteiger partial charge is 0.375 e. The number of ether oxygens (including phenoxy) is 1. The van der Waals surface area contributed by atoms with Crippen molar-refractivity contribution in [2.75, 3.05) is 13.2 Å². The first-order valence-corrected chi connectivity index (χ1v) is 5.48. The van der Waals surface area contributed by atoms with Gasteiger partial charge in [0.15, 0.2) is 0 Å². The molecule has 1 saturated heterocycles. The maximum atomic E-state index is 12.5. The maximum Gasteiger partial charge on any atom is 0.433 e. The van der Waals surface area contributed by atoms with Crippen molar-refractivity contribution in [2.24, 2.45) is 0 Å². The van der Waals surface area contributed by atoms with Gasteiger partial charge in [-0.3, -0.25) is 0 Å². The number of halogens is 3. The second-order valence-electron chi connectivity index (χ2n) is 4.28. The molecule has 2 atom stereocenters. The molecule has 0 saturated carbocycles. The van der Waals surface area contributed by atoms with Crippen LogP contribution < -0.4 is 5.32 Å². The summed E-state index contributed by atoms with van der Waals surface area (Å²) in [4.78, 5) is 3.70. The lowest BCUT2D eigenvalue weighted by Crippen LogP contribution is -2.39. The molecule has 2 heterocycles. The summed E-state index contributed by atoms with van der Waals surface area (Å²) in [6.07, 6.45) is -4.00. The number of pyridine rings is 1. The monoisotopic (exact) mass is 244 g/mol. The zero-order chi connectivity index (χ0) is 12.0. The first-order valence-electron chi connectivity index (χ1n) is 5.48. The molecule has 3 rings (SSSR count). The number of rotatable bonds is 0. The topological polar surface area (TPSA) is 34.1 Å². The SMILES string of the molecule is FC(F)(F)c1ccc2c(n1)CC1OCCN[C@@H]21. The van der Waals surface area contributed by atoms with E-state index >= 15 is 0 Å². The summed E-state index contributed by atoms with van der Waals surface area (Å²) in [5, 5.41) is 3.25. The van der Waals surface area contributed by atoms with Gasteiger partial charge in [0.1, 0.15) is 5.69 Å². The first-order chi connectivity index (χ1) is 8.05. The molecule has 3 nitrogen and oxygen atoms in total. The van der Waals surface area contributed by atoms with E-state index in [0.29, 0.717) is 18.7 Å². The highest BCUT2D eigenvalue weighted by Gasteiger charge is 2.39. The van der Waals surface area contributed by atoms with Crippen LogP contribution in [0.4, 0.5) is 13.2 Å². The first kappa shape index (κ1) is 11.0. The average molecular weight is 244 g/mol. The molecular weight excluding hydrogens is 233 g/mol. The van der Waals surface area contributed by atoms with Gasteiger partial charge in [0.2, 0.25) is 0 Å². The molecule has 0 bridgehead atoms. The van der Waals surface area contributed by atoms with E-state index < -0.39 is 11.9 Å². The molecule has 1 N–H and O–H groups in total. The van der Waals surface area contributed by atoms with Crippen LogP contribution in [0, 0.1) is 0 Å². The zero-order valence-electron chi connectivity index (χ0n) is 8.92. The van der Waals surface area contributed by atoms with Gasteiger partial charge in [-0.05, 0) is 11.6 Å². The van der Waals surface area contributed by atoms with Gasteiger partial charge < -0.3 is 10.1 Å². The van der Waals surface area contributed by atoms with Gasteiger partial charge in [-0.15, -0.1) is 0 Å². The zero-order valence-corrected chi connectivity index (χ0v) is 8.92. The molecule has 0 spiro atoms. The summed E-state index contributed by atoms with van der Waals surface area (Å²) >= 11 is 0. The van der Waals surface area contributed by atoms with Crippen molar-refractivity contribution in [3.05, 3.63) is 29.1 Å². The molecule has 1 fully saturated rings. The van der Waals surface area contributed by atoms with E-state index in [-0.39, 0.29) is 12.1 Å². The molecule has 1 aromatic heterocycles. The third-order valence-electron chi connectivity index (χ3n) is 3.20. The largest absolute Gasteiger partial charge is 0.433 e. The Labute approximate surface area is 96.0 Å². The standard InChI is InChI=1S/C11H11F3N2O/c12-11(13,14)9-2-1-6-7(16-9)5-8-10(6)15-3-4-17-8/h1-2,8,10,15H,3-5H2/t8?,10-/m0/s1. The molecule has 2 aliphatic rings. The van der Waals surface area contributed by atoms with Gasteiger partial charge in [-0.1, -0.05) is 6.07 Å². The second kappa shape index (κ2) is 3.68. The van der Waals surface area contributed by atoms with E-state index in [2.05, 4.69) is 10.3 Å². The van der Waals surface area contributed by atoms with E-state index in [1.54, 1.807) is 0 Å². The normalized spacial score (nSPS) is 27.7. The highest BCUT2D eigenvalue weighted by Crippen LogP contribution is 2.36. The Morgan fingerprint density at radius 3 is 2.94 bits per heavy atom. The van der Waals surface area contributed by atoms with Crippen LogP contribution in [-0.2, 0) is 17.3 Å². The van der Waals surface area contributed by atoms with E-state index in [1.165, 1.54) is 6.07 Å². The number of fused-ring (bicyclic) bond motifs is 3. The molecule has 6 heteroatoms. The van der Waals surface area contributed by atoms with Gasteiger partial charge in [0.05, 0.1) is 18.8 Å². The molecule has 1 aliphatic carbocycles. The predicted octanol–water partition coefficient (Wildman–Crippen LogP) is 1.69. The molecule has 0 radical (unpaired) electrons. The lowest BCUT2D eigenvalue weighted by atomic mass is 10.1. The maximum absolute atomic E-state index is 12.5. The van der Waals surface area contributed by atoms with Crippen LogP contribution in [0.3, 0.4) is 0 Å². The van der Waals surface area contributed by atoms with Crippen molar-refractivity contribution in [1.82, 2.24) is 10.3 Å². The molecular formula is C11H11F3N2O. The van der Waals surface area contributed by atoms with E-state index in [9.17, 15) is 13.2 Å². The molecule has 0 amide bonds. The van der Waals surface area contributed by atoms with E-state index in [4.69, 9.17) is 4.74 Å². The van der Waals surface area contributed by atoms with Crippen molar-refractivity contribution in [3.63, 3.8) is 0 Å². The quantitative estimate of drug-likeness (QED) is 0.754. The molecule has 1 aliphatic heterocycles. The Morgan fingerprint density at radius 1 is 1.35 bits per heavy atom. The predicted molar refractivity (Wildman–Crippen MR) is 53.4 cm³/mol. The lowest BCUT2D eigenvalue weighted by Gasteiger charge is -2.27. The van der Waals surface area contributed by atoms with Crippen molar-refractivity contribution >= 4 is 0 Å². The summed E-state index contributed by atoms with van der Waals surface area (Å²) in [6, 6.07) is 2.54. The number of aromatic nitrogens is 1. The van der Waals surface area contributed by atoms with Gasteiger partial charge in [-0.25, -0.2) is 4.98 Å². The number of morpholine rings is 1. The van der Waals surface area contributed by atoms with Crippen molar-refractivity contribution in [3.8, 4) is 0 Å². The Balaban J connectivity index is 1.97. The Kier molecular flexibility index (Phi) is 2.38. The summed E-state index contributed by atoms with van der Waals surface area (Å²) < 4.78 is 43.1. The number of hydrogen-bond acceptors (Lipinski definition) is 3. The minimum Gasteiger partial charge on any atom is -0.375 e. The molecule has 0 aromatic carbocycles. The van der Waals surface area contributed by atoms with Gasteiger partial charge >= 0.3 is 6.18 Å². The third kappa shape index (κ3) is 1.81. The van der Waals surface area contributed by atoms with Crippen LogP contribution in [0.25, 0.3) is 0 Å². The highest BCUT2D eigenvalue weighted by atomic mass is 19.4. The highest BCUT2D eigenvalue weighted by molar-refractivity contribution is 5.34. The van der Waals surface area contributed by atoms with Crippen LogP contribution in [-0.4, -0.2) is 24.2 Å². The number of alkyl halides is 3. The van der Waals surface area contributed by atoms with Crippen LogP contribution >= 0.6 is 0 Å². The summed E-state index contributed by atoms with van der Waals surface area (Å²) in [6.45, 7) is 1.32. The molecule has 17 heavy (non-hydrogen) atoms.